The van der Waals surface area contributed by atoms with Gasteiger partial charge in [0, 0.05) is 29.6 Å². The summed E-state index contributed by atoms with van der Waals surface area (Å²) in [6, 6.07) is 2.55. The highest BCUT2D eigenvalue weighted by Crippen LogP contribution is 2.38. The zero-order chi connectivity index (χ0) is 18.3. The summed E-state index contributed by atoms with van der Waals surface area (Å²) < 4.78 is 9.47. The van der Waals surface area contributed by atoms with Gasteiger partial charge in [0.25, 0.3) is 0 Å². The number of ether oxygens (including phenoxy) is 1. The van der Waals surface area contributed by atoms with Crippen molar-refractivity contribution in [2.75, 3.05) is 12.4 Å². The van der Waals surface area contributed by atoms with Gasteiger partial charge in [-0.05, 0) is 45.6 Å². The fourth-order valence-corrected chi connectivity index (χ4v) is 4.57. The van der Waals surface area contributed by atoms with Crippen LogP contribution in [0.15, 0.2) is 16.0 Å². The Hall–Kier alpha value is -1.80. The molecule has 1 saturated carbocycles. The lowest BCUT2D eigenvalue weighted by Crippen LogP contribution is -2.25. The van der Waals surface area contributed by atoms with Crippen LogP contribution in [-0.2, 0) is 11.3 Å². The first-order valence-corrected chi connectivity index (χ1v) is 10.1. The third-order valence-corrected chi connectivity index (χ3v) is 6.14. The van der Waals surface area contributed by atoms with Crippen LogP contribution in [-0.4, -0.2) is 43.6 Å². The first-order chi connectivity index (χ1) is 12.5. The van der Waals surface area contributed by atoms with Crippen LogP contribution < -0.4 is 5.69 Å². The van der Waals surface area contributed by atoms with Crippen molar-refractivity contribution in [1.29, 1.82) is 0 Å². The molecule has 3 heterocycles. The molecule has 26 heavy (non-hydrogen) atoms. The molecule has 1 atom stereocenters. The Morgan fingerprint density at radius 2 is 2.19 bits per heavy atom. The quantitative estimate of drug-likeness (QED) is 0.593. The van der Waals surface area contributed by atoms with Gasteiger partial charge >= 0.3 is 5.69 Å². The number of hydrogen-bond donors (Lipinski definition) is 1. The van der Waals surface area contributed by atoms with Gasteiger partial charge in [-0.15, -0.1) is 5.10 Å². The second kappa shape index (κ2) is 7.08. The number of Topliss-reactive ketones (excluding diaryl/α,β-unsaturated/α-hetero) is 1. The fourth-order valence-electron chi connectivity index (χ4n) is 3.73. The number of nitrogens with zero attached hydrogens (tertiary/aromatic N) is 3. The van der Waals surface area contributed by atoms with Crippen molar-refractivity contribution in [3.8, 4) is 0 Å². The van der Waals surface area contributed by atoms with Gasteiger partial charge in [0.2, 0.25) is 0 Å². The molecule has 1 aliphatic heterocycles. The number of ketones is 1. The molecule has 2 aromatic rings. The number of aromatic nitrogens is 4. The fraction of sp³-hybridized carbons (Fsp3) is 0.611. The average Bonchev–Trinajstić information content (AvgIpc) is 3.06. The minimum atomic E-state index is -0.248. The largest absolute Gasteiger partial charge is 0.376 e. The minimum absolute atomic E-state index is 0.0535. The number of thioether (sulfide) groups is 1. The van der Waals surface area contributed by atoms with Crippen molar-refractivity contribution in [3.63, 3.8) is 0 Å². The number of aromatic amines is 1. The number of aryl methyl sites for hydroxylation is 1. The van der Waals surface area contributed by atoms with Crippen molar-refractivity contribution >= 4 is 17.5 Å². The van der Waals surface area contributed by atoms with E-state index in [-0.39, 0.29) is 23.3 Å². The zero-order valence-electron chi connectivity index (χ0n) is 15.2. The molecule has 1 unspecified atom stereocenters. The molecular formula is C18H24N4O3S. The molecule has 1 saturated heterocycles. The number of nitrogens with one attached hydrogen (secondary N) is 1. The maximum atomic E-state index is 12.7. The number of carbonyl (C=O) groups excluding carboxylic acids is 1. The second-order valence-electron chi connectivity index (χ2n) is 7.15. The van der Waals surface area contributed by atoms with Crippen LogP contribution in [0, 0.1) is 13.8 Å². The van der Waals surface area contributed by atoms with Gasteiger partial charge in [0.1, 0.15) is 0 Å². The van der Waals surface area contributed by atoms with Crippen molar-refractivity contribution in [1.82, 2.24) is 19.3 Å². The van der Waals surface area contributed by atoms with Gasteiger partial charge in [-0.3, -0.25) is 9.36 Å². The smallest absolute Gasteiger partial charge is 0.344 e. The first kappa shape index (κ1) is 17.6. The van der Waals surface area contributed by atoms with Crippen LogP contribution >= 0.6 is 11.8 Å². The number of carbonyl (C=O) groups is 1. The summed E-state index contributed by atoms with van der Waals surface area (Å²) in [6.45, 7) is 5.31. The molecule has 2 fully saturated rings. The Morgan fingerprint density at radius 3 is 2.88 bits per heavy atom. The molecular weight excluding hydrogens is 352 g/mol. The van der Waals surface area contributed by atoms with E-state index < -0.39 is 0 Å². The topological polar surface area (TPSA) is 81.9 Å². The molecule has 0 spiro atoms. The predicted octanol–water partition coefficient (Wildman–Crippen LogP) is 2.48. The Labute approximate surface area is 156 Å². The summed E-state index contributed by atoms with van der Waals surface area (Å²) >= 11 is 1.31. The van der Waals surface area contributed by atoms with Gasteiger partial charge in [-0.25, -0.2) is 9.89 Å². The maximum Gasteiger partial charge on any atom is 0.344 e. The summed E-state index contributed by atoms with van der Waals surface area (Å²) in [4.78, 5) is 24.7. The van der Waals surface area contributed by atoms with Crippen LogP contribution in [0.25, 0.3) is 0 Å². The van der Waals surface area contributed by atoms with Crippen LogP contribution in [0.3, 0.4) is 0 Å². The lowest BCUT2D eigenvalue weighted by molar-refractivity contribution is 0.0941. The molecule has 4 rings (SSSR count). The van der Waals surface area contributed by atoms with E-state index in [0.29, 0.717) is 17.7 Å². The molecule has 1 aliphatic carbocycles. The first-order valence-electron chi connectivity index (χ1n) is 9.16. The van der Waals surface area contributed by atoms with Gasteiger partial charge in [-0.2, -0.15) is 0 Å². The van der Waals surface area contributed by atoms with Crippen LogP contribution in [0.5, 0.6) is 0 Å². The van der Waals surface area contributed by atoms with Crippen LogP contribution in [0.4, 0.5) is 0 Å². The van der Waals surface area contributed by atoms with Gasteiger partial charge in [-0.1, -0.05) is 11.8 Å². The molecule has 0 aromatic carbocycles. The Bertz CT molecular complexity index is 872. The number of hydrogen-bond acceptors (Lipinski definition) is 5. The van der Waals surface area contributed by atoms with Gasteiger partial charge < -0.3 is 9.30 Å². The Morgan fingerprint density at radius 1 is 1.38 bits per heavy atom. The van der Waals surface area contributed by atoms with Gasteiger partial charge in [0.15, 0.2) is 10.9 Å². The van der Waals surface area contributed by atoms with Crippen molar-refractivity contribution in [3.05, 3.63) is 33.5 Å². The standard InChI is InChI=1S/C18H24N4O3S/c1-11-8-15(12(2)22(11)13-5-6-13)16(23)10-26-18-20-19-17(24)21(18)9-14-4-3-7-25-14/h8,13-14H,3-7,9-10H2,1-2H3,(H,19,24). The van der Waals surface area contributed by atoms with E-state index in [0.717, 1.165) is 36.4 Å². The lowest BCUT2D eigenvalue weighted by Gasteiger charge is -2.11. The van der Waals surface area contributed by atoms with E-state index in [1.807, 2.05) is 13.0 Å². The summed E-state index contributed by atoms with van der Waals surface area (Å²) in [5, 5.41) is 7.12. The normalized spacial score (nSPS) is 20.0. The molecule has 0 bridgehead atoms. The van der Waals surface area contributed by atoms with E-state index in [1.165, 1.54) is 24.6 Å². The van der Waals surface area contributed by atoms with Crippen molar-refractivity contribution < 1.29 is 9.53 Å². The third kappa shape index (κ3) is 3.40. The summed E-state index contributed by atoms with van der Waals surface area (Å²) in [7, 11) is 0. The van der Waals surface area contributed by atoms with Crippen molar-refractivity contribution in [2.24, 2.45) is 0 Å². The highest BCUT2D eigenvalue weighted by molar-refractivity contribution is 7.99. The zero-order valence-corrected chi connectivity index (χ0v) is 16.0. The molecule has 2 aliphatic rings. The lowest BCUT2D eigenvalue weighted by atomic mass is 10.2. The number of rotatable bonds is 7. The van der Waals surface area contributed by atoms with Crippen LogP contribution in [0.1, 0.15) is 53.5 Å². The van der Waals surface area contributed by atoms with E-state index >= 15 is 0 Å². The minimum Gasteiger partial charge on any atom is -0.376 e. The molecule has 140 valence electrons. The molecule has 2 aromatic heterocycles. The molecule has 0 amide bonds. The molecule has 7 nitrogen and oxygen atoms in total. The summed E-state index contributed by atoms with van der Waals surface area (Å²) in [5.41, 5.74) is 2.73. The second-order valence-corrected chi connectivity index (χ2v) is 8.10. The predicted molar refractivity (Wildman–Crippen MR) is 99.1 cm³/mol. The number of H-pyrrole nitrogens is 1. The van der Waals surface area contributed by atoms with E-state index in [2.05, 4.69) is 21.7 Å². The van der Waals surface area contributed by atoms with Crippen LogP contribution in [0.2, 0.25) is 0 Å². The maximum absolute atomic E-state index is 12.7. The third-order valence-electron chi connectivity index (χ3n) is 5.16. The van der Waals surface area contributed by atoms with E-state index in [1.54, 1.807) is 4.57 Å². The molecule has 1 N–H and O–H groups in total. The molecule has 0 radical (unpaired) electrons. The van der Waals surface area contributed by atoms with Crippen molar-refractivity contribution in [2.45, 2.75) is 63.4 Å². The Balaban J connectivity index is 1.45. The summed E-state index contributed by atoms with van der Waals surface area (Å²) in [5.74, 6) is 0.347. The van der Waals surface area contributed by atoms with E-state index in [9.17, 15) is 9.59 Å². The van der Waals surface area contributed by atoms with E-state index in [4.69, 9.17) is 4.74 Å². The van der Waals surface area contributed by atoms with Gasteiger partial charge in [0.05, 0.1) is 18.4 Å². The molecule has 8 heteroatoms. The SMILES string of the molecule is Cc1cc(C(=O)CSc2n[nH]c(=O)n2CC2CCCO2)c(C)n1C1CC1. The average molecular weight is 376 g/mol. The highest BCUT2D eigenvalue weighted by Gasteiger charge is 2.28. The highest BCUT2D eigenvalue weighted by atomic mass is 32.2. The summed E-state index contributed by atoms with van der Waals surface area (Å²) in [6.07, 6.45) is 4.42. The monoisotopic (exact) mass is 376 g/mol. The Kier molecular flexibility index (Phi) is 4.79.